The van der Waals surface area contributed by atoms with Gasteiger partial charge in [0.05, 0.1) is 0 Å². The summed E-state index contributed by atoms with van der Waals surface area (Å²) >= 11 is 5.31. The van der Waals surface area contributed by atoms with E-state index in [1.165, 1.54) is 19.3 Å². The summed E-state index contributed by atoms with van der Waals surface area (Å²) in [5, 5.41) is 7.72. The van der Waals surface area contributed by atoms with Crippen molar-refractivity contribution in [2.75, 3.05) is 6.54 Å². The monoisotopic (exact) mass is 297 g/mol. The molecule has 5 nitrogen and oxygen atoms in total. The quantitative estimate of drug-likeness (QED) is 0.446. The molecule has 0 rings (SSSR count). The molecule has 0 aromatic rings. The summed E-state index contributed by atoms with van der Waals surface area (Å²) in [5.41, 5.74) is 4.72. The molecule has 0 amide bonds. The first-order valence-corrected chi connectivity index (χ1v) is 7.04. The molecular formula is C13H28ClNO4. The lowest BCUT2D eigenvalue weighted by molar-refractivity contribution is -0.144. The molecule has 0 spiro atoms. The third-order valence-corrected chi connectivity index (χ3v) is 1.78. The Hall–Kier alpha value is -0.810. The van der Waals surface area contributed by atoms with E-state index in [0.29, 0.717) is 6.42 Å². The van der Waals surface area contributed by atoms with Gasteiger partial charge in [0.15, 0.2) is 5.56 Å². The topological polar surface area (TPSA) is 89.6 Å². The Labute approximate surface area is 121 Å². The Kier molecular flexibility index (Phi) is 23.9. The summed E-state index contributed by atoms with van der Waals surface area (Å²) in [7, 11) is 0. The third-order valence-electron chi connectivity index (χ3n) is 1.69. The molecule has 0 radical (unpaired) electrons. The molecule has 0 aromatic heterocycles. The maximum atomic E-state index is 10.3. The Morgan fingerprint density at radius 3 is 1.79 bits per heavy atom. The maximum Gasteiger partial charge on any atom is 0.306 e. The molecule has 0 saturated heterocycles. The van der Waals surface area contributed by atoms with Crippen molar-refractivity contribution in [1.82, 2.24) is 0 Å². The minimum Gasteiger partial charge on any atom is -0.481 e. The summed E-state index contributed by atoms with van der Waals surface area (Å²) in [6.07, 6.45) is 4.36. The molecule has 6 heteroatoms. The van der Waals surface area contributed by atoms with E-state index in [4.69, 9.17) is 22.4 Å². The van der Waals surface area contributed by atoms with Gasteiger partial charge in [-0.2, -0.15) is 0 Å². The average Bonchev–Trinajstić information content (AvgIpc) is 2.36. The normalized spacial score (nSPS) is 10.2. The number of nitrogens with two attached hydrogens (primary N) is 1. The van der Waals surface area contributed by atoms with Crippen LogP contribution in [0.2, 0.25) is 0 Å². The lowest BCUT2D eigenvalue weighted by atomic mass is 10.3. The highest BCUT2D eigenvalue weighted by molar-refractivity contribution is 6.19. The van der Waals surface area contributed by atoms with Crippen LogP contribution < -0.4 is 5.73 Å². The van der Waals surface area contributed by atoms with E-state index < -0.39 is 11.5 Å². The van der Waals surface area contributed by atoms with Gasteiger partial charge in [-0.25, -0.2) is 0 Å². The van der Waals surface area contributed by atoms with Gasteiger partial charge in [0, 0.05) is 12.8 Å². The Balaban J connectivity index is -0.000000209. The number of ether oxygens (including phenoxy) is 1. The van der Waals surface area contributed by atoms with Crippen LogP contribution in [0.3, 0.4) is 0 Å². The van der Waals surface area contributed by atoms with Crippen LogP contribution in [-0.2, 0) is 14.3 Å². The second-order valence-corrected chi connectivity index (χ2v) is 4.24. The van der Waals surface area contributed by atoms with E-state index in [9.17, 15) is 9.59 Å². The van der Waals surface area contributed by atoms with Gasteiger partial charge in [-0.1, -0.05) is 45.2 Å². The van der Waals surface area contributed by atoms with E-state index in [2.05, 4.69) is 11.7 Å². The molecule has 0 aliphatic rings. The van der Waals surface area contributed by atoms with Gasteiger partial charge in [0.1, 0.15) is 0 Å². The summed E-state index contributed by atoms with van der Waals surface area (Å²) < 4.78 is 4.53. The van der Waals surface area contributed by atoms with E-state index in [-0.39, 0.29) is 12.4 Å². The summed E-state index contributed by atoms with van der Waals surface area (Å²) in [6, 6.07) is 0. The Morgan fingerprint density at radius 1 is 1.21 bits per heavy atom. The van der Waals surface area contributed by atoms with Crippen molar-refractivity contribution < 1.29 is 19.4 Å². The molecule has 0 aliphatic heterocycles. The number of carbonyl (C=O) groups is 2. The van der Waals surface area contributed by atoms with Gasteiger partial charge in [0.2, 0.25) is 0 Å². The Bertz CT molecular complexity index is 207. The zero-order chi connectivity index (χ0) is 15.7. The number of carboxylic acids is 1. The fraction of sp³-hybridized carbons (Fsp3) is 0.846. The smallest absolute Gasteiger partial charge is 0.306 e. The first-order valence-electron chi connectivity index (χ1n) is 6.60. The van der Waals surface area contributed by atoms with Crippen LogP contribution in [0.1, 0.15) is 59.8 Å². The number of esters is 1. The first kappa shape index (κ1) is 23.3. The van der Waals surface area contributed by atoms with Crippen molar-refractivity contribution in [3.63, 3.8) is 0 Å². The van der Waals surface area contributed by atoms with Crippen LogP contribution in [-0.4, -0.2) is 29.2 Å². The molecule has 0 bridgehead atoms. The minimum atomic E-state index is -0.745. The second-order valence-electron chi connectivity index (χ2n) is 3.63. The molecule has 19 heavy (non-hydrogen) atoms. The number of carbonyl (C=O) groups excluding carboxylic acids is 1. The van der Waals surface area contributed by atoms with Crippen LogP contribution in [0, 0.1) is 0 Å². The van der Waals surface area contributed by atoms with Crippen LogP contribution in [0.4, 0.5) is 0 Å². The minimum absolute atomic E-state index is 0.222. The van der Waals surface area contributed by atoms with Crippen molar-refractivity contribution in [3.8, 4) is 0 Å². The number of alkyl halides is 1. The molecule has 1 atom stereocenters. The lowest BCUT2D eigenvalue weighted by Gasteiger charge is -2.02. The van der Waals surface area contributed by atoms with Crippen molar-refractivity contribution in [2.45, 2.75) is 65.4 Å². The number of rotatable bonds is 6. The van der Waals surface area contributed by atoms with Crippen molar-refractivity contribution in [3.05, 3.63) is 0 Å². The van der Waals surface area contributed by atoms with Gasteiger partial charge in [-0.05, 0) is 19.9 Å². The largest absolute Gasteiger partial charge is 0.481 e. The van der Waals surface area contributed by atoms with E-state index >= 15 is 0 Å². The highest BCUT2D eigenvalue weighted by Crippen LogP contribution is 1.97. The van der Waals surface area contributed by atoms with Crippen molar-refractivity contribution in [2.24, 2.45) is 5.73 Å². The molecule has 0 saturated carbocycles. The number of aliphatic carboxylic acids is 1. The third kappa shape index (κ3) is 38.2. The zero-order valence-electron chi connectivity index (χ0n) is 12.4. The average molecular weight is 298 g/mol. The predicted octanol–water partition coefficient (Wildman–Crippen LogP) is 3.14. The molecule has 1 unspecified atom stereocenters. The second kappa shape index (κ2) is 19.5. The van der Waals surface area contributed by atoms with Crippen LogP contribution in [0.25, 0.3) is 0 Å². The van der Waals surface area contributed by atoms with Gasteiger partial charge in [-0.3, -0.25) is 9.59 Å². The fourth-order valence-electron chi connectivity index (χ4n) is 0.659. The highest BCUT2D eigenvalue weighted by Gasteiger charge is 2.00. The van der Waals surface area contributed by atoms with Gasteiger partial charge >= 0.3 is 11.9 Å². The molecule has 0 heterocycles. The molecule has 0 aliphatic carbocycles. The number of hydrogen-bond acceptors (Lipinski definition) is 4. The highest BCUT2D eigenvalue weighted by atomic mass is 35.5. The van der Waals surface area contributed by atoms with Gasteiger partial charge in [0.25, 0.3) is 0 Å². The van der Waals surface area contributed by atoms with Crippen LogP contribution in [0.15, 0.2) is 0 Å². The number of hydrogen-bond donors (Lipinski definition) is 2. The van der Waals surface area contributed by atoms with E-state index in [0.717, 1.165) is 6.54 Å². The molecule has 0 aromatic carbocycles. The van der Waals surface area contributed by atoms with Gasteiger partial charge in [-0.15, -0.1) is 0 Å². The summed E-state index contributed by atoms with van der Waals surface area (Å²) in [6.45, 7) is 7.96. The zero-order valence-corrected chi connectivity index (χ0v) is 13.2. The van der Waals surface area contributed by atoms with Crippen LogP contribution >= 0.6 is 11.6 Å². The molecular weight excluding hydrogens is 270 g/mol. The van der Waals surface area contributed by atoms with Crippen LogP contribution in [0.5, 0.6) is 0 Å². The van der Waals surface area contributed by atoms with Crippen molar-refractivity contribution >= 4 is 23.5 Å². The molecule has 0 fully saturated rings. The standard InChI is InChI=1S/C5H9ClO2.C5H13N.C3H6O2/c1-3-5(7)8-4(2)6;1-2-3-4-5-6;1-2-3(4)5/h4H,3H2,1-2H3;2-6H2,1H3;2H2,1H3,(H,4,5). The SMILES string of the molecule is CCC(=O)O.CCC(=O)OC(C)Cl.CCCCCN. The fourth-order valence-corrected chi connectivity index (χ4v) is 0.758. The van der Waals surface area contributed by atoms with E-state index in [1.54, 1.807) is 20.8 Å². The predicted molar refractivity (Wildman–Crippen MR) is 78.2 cm³/mol. The Morgan fingerprint density at radius 2 is 1.68 bits per heavy atom. The number of halogens is 1. The molecule has 3 N–H and O–H groups in total. The molecule has 116 valence electrons. The number of carboxylic acid groups (broad SMARTS) is 1. The number of unbranched alkanes of at least 4 members (excludes halogenated alkanes) is 2. The summed E-state index contributed by atoms with van der Waals surface area (Å²) in [4.78, 5) is 19.7. The van der Waals surface area contributed by atoms with Gasteiger partial charge < -0.3 is 15.6 Å². The van der Waals surface area contributed by atoms with E-state index in [1.807, 2.05) is 0 Å². The first-order chi connectivity index (χ1) is 8.85. The summed E-state index contributed by atoms with van der Waals surface area (Å²) in [5.74, 6) is -1.00. The lowest BCUT2D eigenvalue weighted by Crippen LogP contribution is -2.07. The maximum absolute atomic E-state index is 10.3. The van der Waals surface area contributed by atoms with Crippen molar-refractivity contribution in [1.29, 1.82) is 0 Å².